The minimum absolute atomic E-state index is 0.177. The number of fused-ring (bicyclic) bond motifs is 4. The maximum Gasteiger partial charge on any atom is 0.223 e. The minimum atomic E-state index is -0.326. The summed E-state index contributed by atoms with van der Waals surface area (Å²) in [4.78, 5) is 14.6. The molecule has 2 saturated heterocycles. The minimum Gasteiger partial charge on any atom is -0.370 e. The second kappa shape index (κ2) is 7.22. The van der Waals surface area contributed by atoms with Crippen molar-refractivity contribution in [1.82, 2.24) is 14.7 Å². The zero-order valence-corrected chi connectivity index (χ0v) is 16.5. The summed E-state index contributed by atoms with van der Waals surface area (Å²) in [6.45, 7) is 1.79. The molecule has 3 aliphatic rings. The third kappa shape index (κ3) is 3.36. The second-order valence-electron chi connectivity index (χ2n) is 8.71. The Labute approximate surface area is 169 Å². The lowest BCUT2D eigenvalue weighted by Crippen LogP contribution is -2.54. The molecule has 1 aromatic heterocycles. The second-order valence-corrected chi connectivity index (χ2v) is 8.71. The Balaban J connectivity index is 1.36. The lowest BCUT2D eigenvalue weighted by Gasteiger charge is -2.49. The van der Waals surface area contributed by atoms with E-state index in [0.29, 0.717) is 31.8 Å². The Bertz CT molecular complexity index is 886. The molecule has 2 N–H and O–H groups in total. The van der Waals surface area contributed by atoms with Crippen molar-refractivity contribution in [3.05, 3.63) is 53.6 Å². The number of carbonyl (C=O) groups is 1. The zero-order valence-electron chi connectivity index (χ0n) is 16.5. The van der Waals surface area contributed by atoms with Crippen LogP contribution in [-0.2, 0) is 28.1 Å². The fourth-order valence-corrected chi connectivity index (χ4v) is 5.71. The molecule has 1 spiro atoms. The van der Waals surface area contributed by atoms with Crippen molar-refractivity contribution in [3.8, 4) is 0 Å². The molecular weight excluding hydrogens is 371 g/mol. The molecule has 6 nitrogen and oxygen atoms in total. The predicted molar refractivity (Wildman–Crippen MR) is 105 cm³/mol. The summed E-state index contributed by atoms with van der Waals surface area (Å²) in [5.41, 5.74) is 7.64. The highest BCUT2D eigenvalue weighted by Crippen LogP contribution is 2.50. The average molecular weight is 398 g/mol. The Morgan fingerprint density at radius 1 is 1.31 bits per heavy atom. The summed E-state index contributed by atoms with van der Waals surface area (Å²) in [7, 11) is 0. The quantitative estimate of drug-likeness (QED) is 0.838. The normalized spacial score (nSPS) is 29.7. The van der Waals surface area contributed by atoms with E-state index >= 15 is 0 Å². The van der Waals surface area contributed by atoms with Gasteiger partial charge in [0, 0.05) is 31.0 Å². The number of nitrogens with zero attached hydrogens (tertiary/aromatic N) is 3. The number of amides is 1. The lowest BCUT2D eigenvalue weighted by molar-refractivity contribution is -0.129. The molecule has 5 rings (SSSR count). The first kappa shape index (κ1) is 18.8. The van der Waals surface area contributed by atoms with Crippen molar-refractivity contribution >= 4 is 5.91 Å². The van der Waals surface area contributed by atoms with E-state index in [0.717, 1.165) is 43.2 Å². The van der Waals surface area contributed by atoms with Crippen LogP contribution in [0.1, 0.15) is 36.8 Å². The van der Waals surface area contributed by atoms with E-state index in [9.17, 15) is 9.18 Å². The van der Waals surface area contributed by atoms with Gasteiger partial charge in [-0.05, 0) is 61.4 Å². The van der Waals surface area contributed by atoms with Gasteiger partial charge in [0.15, 0.2) is 0 Å². The molecule has 1 amide bonds. The summed E-state index contributed by atoms with van der Waals surface area (Å²) < 4.78 is 21.9. The molecule has 7 heteroatoms. The van der Waals surface area contributed by atoms with Gasteiger partial charge in [-0.1, -0.05) is 6.07 Å². The Morgan fingerprint density at radius 3 is 2.79 bits per heavy atom. The molecule has 4 heterocycles. The van der Waals surface area contributed by atoms with Crippen LogP contribution in [0.4, 0.5) is 4.39 Å². The highest BCUT2D eigenvalue weighted by molar-refractivity contribution is 5.76. The number of benzene rings is 1. The zero-order chi connectivity index (χ0) is 20.0. The molecule has 154 valence electrons. The highest BCUT2D eigenvalue weighted by Gasteiger charge is 2.51. The van der Waals surface area contributed by atoms with E-state index in [1.807, 2.05) is 18.3 Å². The van der Waals surface area contributed by atoms with E-state index in [4.69, 9.17) is 10.5 Å². The predicted octanol–water partition coefficient (Wildman–Crippen LogP) is 2.22. The fraction of sp³-hybridized carbons (Fsp3) is 0.545. The van der Waals surface area contributed by atoms with Crippen molar-refractivity contribution in [2.24, 2.45) is 11.7 Å². The van der Waals surface area contributed by atoms with Gasteiger partial charge < -0.3 is 10.5 Å². The van der Waals surface area contributed by atoms with Gasteiger partial charge in [0.05, 0.1) is 24.7 Å². The van der Waals surface area contributed by atoms with Gasteiger partial charge in [-0.15, -0.1) is 0 Å². The van der Waals surface area contributed by atoms with E-state index in [1.54, 1.807) is 23.0 Å². The number of ether oxygens (including phenoxy) is 1. The molecule has 3 unspecified atom stereocenters. The topological polar surface area (TPSA) is 73.4 Å². The average Bonchev–Trinajstić information content (AvgIpc) is 3.28. The SMILES string of the molecule is NC(=O)C(CN1C2CCC1CC1(C2)OCCc2cc(F)ccc21)Cn1cccn1. The number of rotatable bonds is 5. The largest absolute Gasteiger partial charge is 0.370 e. The summed E-state index contributed by atoms with van der Waals surface area (Å²) in [6.07, 6.45) is 8.31. The van der Waals surface area contributed by atoms with Crippen LogP contribution in [0.5, 0.6) is 0 Å². The number of aromatic nitrogens is 2. The number of halogens is 1. The molecule has 0 saturated carbocycles. The van der Waals surface area contributed by atoms with Crippen LogP contribution in [0.2, 0.25) is 0 Å². The van der Waals surface area contributed by atoms with E-state index in [-0.39, 0.29) is 23.2 Å². The molecule has 1 aromatic carbocycles. The summed E-state index contributed by atoms with van der Waals surface area (Å²) in [5, 5.41) is 4.23. The van der Waals surface area contributed by atoms with Crippen LogP contribution >= 0.6 is 0 Å². The molecule has 2 fully saturated rings. The van der Waals surface area contributed by atoms with Crippen LogP contribution in [-0.4, -0.2) is 45.8 Å². The van der Waals surface area contributed by atoms with Crippen molar-refractivity contribution in [2.75, 3.05) is 13.2 Å². The van der Waals surface area contributed by atoms with E-state index in [2.05, 4.69) is 10.00 Å². The first-order valence-electron chi connectivity index (χ1n) is 10.5. The number of piperidine rings is 1. The van der Waals surface area contributed by atoms with E-state index in [1.165, 1.54) is 0 Å². The van der Waals surface area contributed by atoms with Crippen LogP contribution in [0.15, 0.2) is 36.7 Å². The first-order chi connectivity index (χ1) is 14.0. The van der Waals surface area contributed by atoms with Gasteiger partial charge in [0.1, 0.15) is 5.82 Å². The number of hydrogen-bond acceptors (Lipinski definition) is 4. The molecule has 3 atom stereocenters. The third-order valence-corrected chi connectivity index (χ3v) is 7.01. The smallest absolute Gasteiger partial charge is 0.223 e. The summed E-state index contributed by atoms with van der Waals surface area (Å²) in [6, 6.07) is 7.70. The number of carbonyl (C=O) groups excluding carboxylic acids is 1. The standard InChI is InChI=1S/C22H27FN4O2/c23-17-2-5-20-15(10-17)6-9-29-22(20)11-18-3-4-19(12-22)27(18)14-16(21(24)28)13-26-8-1-7-25-26/h1-2,5,7-8,10,16,18-19H,3-4,6,9,11-14H2,(H2,24,28). The van der Waals surface area contributed by atoms with Crippen molar-refractivity contribution in [1.29, 1.82) is 0 Å². The van der Waals surface area contributed by atoms with E-state index < -0.39 is 0 Å². The van der Waals surface area contributed by atoms with Gasteiger partial charge >= 0.3 is 0 Å². The van der Waals surface area contributed by atoms with Crippen LogP contribution in [0, 0.1) is 11.7 Å². The van der Waals surface area contributed by atoms with Crippen molar-refractivity contribution in [3.63, 3.8) is 0 Å². The monoisotopic (exact) mass is 398 g/mol. The van der Waals surface area contributed by atoms with Gasteiger partial charge in [-0.3, -0.25) is 14.4 Å². The third-order valence-electron chi connectivity index (χ3n) is 7.01. The maximum absolute atomic E-state index is 13.8. The van der Waals surface area contributed by atoms with Gasteiger partial charge in [0.2, 0.25) is 5.91 Å². The van der Waals surface area contributed by atoms with Crippen molar-refractivity contribution in [2.45, 2.75) is 56.3 Å². The van der Waals surface area contributed by atoms with Crippen molar-refractivity contribution < 1.29 is 13.9 Å². The Kier molecular flexibility index (Phi) is 4.67. The molecule has 0 radical (unpaired) electrons. The van der Waals surface area contributed by atoms with Crippen LogP contribution < -0.4 is 5.73 Å². The molecule has 3 aliphatic heterocycles. The Hall–Kier alpha value is -2.25. The fourth-order valence-electron chi connectivity index (χ4n) is 5.71. The van der Waals surface area contributed by atoms with Crippen LogP contribution in [0.25, 0.3) is 0 Å². The lowest BCUT2D eigenvalue weighted by atomic mass is 9.76. The molecule has 0 aliphatic carbocycles. The summed E-state index contributed by atoms with van der Waals surface area (Å²) in [5.74, 6) is -0.736. The summed E-state index contributed by atoms with van der Waals surface area (Å²) >= 11 is 0. The molecule has 29 heavy (non-hydrogen) atoms. The van der Waals surface area contributed by atoms with Crippen LogP contribution in [0.3, 0.4) is 0 Å². The number of nitrogens with two attached hydrogens (primary N) is 1. The number of hydrogen-bond donors (Lipinski definition) is 1. The first-order valence-corrected chi connectivity index (χ1v) is 10.5. The maximum atomic E-state index is 13.8. The molecule has 2 bridgehead atoms. The number of primary amides is 1. The van der Waals surface area contributed by atoms with Gasteiger partial charge in [0.25, 0.3) is 0 Å². The Morgan fingerprint density at radius 2 is 2.10 bits per heavy atom. The molecular formula is C22H27FN4O2. The highest BCUT2D eigenvalue weighted by atomic mass is 19.1. The van der Waals surface area contributed by atoms with Gasteiger partial charge in [-0.2, -0.15) is 5.10 Å². The van der Waals surface area contributed by atoms with Gasteiger partial charge in [-0.25, -0.2) is 4.39 Å². The molecule has 2 aromatic rings.